The van der Waals surface area contributed by atoms with Crippen LogP contribution in [0.25, 0.3) is 0 Å². The number of sulfonamides is 1. The standard InChI is InChI=1S/C21H23FN4O3S/c1-14-2-3-15(10-19(14)22)13-25-21(27)16-6-8-26(9-7-16)20-5-4-18(30(24,28)29)11-17(20)12-23/h2-5,10-11,16H,6-9,13H2,1H3,(H,25,27)(H2,24,28,29). The van der Waals surface area contributed by atoms with Crippen LogP contribution in [0, 0.1) is 30.0 Å². The molecule has 1 amide bonds. The highest BCUT2D eigenvalue weighted by Crippen LogP contribution is 2.28. The first-order valence-electron chi connectivity index (χ1n) is 9.53. The van der Waals surface area contributed by atoms with Crippen molar-refractivity contribution in [3.05, 3.63) is 58.9 Å². The molecule has 1 aliphatic heterocycles. The van der Waals surface area contributed by atoms with Crippen molar-refractivity contribution >= 4 is 21.6 Å². The average Bonchev–Trinajstić information content (AvgIpc) is 2.73. The summed E-state index contributed by atoms with van der Waals surface area (Å²) in [7, 11) is -3.88. The molecule has 7 nitrogen and oxygen atoms in total. The van der Waals surface area contributed by atoms with Gasteiger partial charge in [-0.2, -0.15) is 5.26 Å². The number of aryl methyl sites for hydroxylation is 1. The molecule has 30 heavy (non-hydrogen) atoms. The van der Waals surface area contributed by atoms with Gasteiger partial charge in [-0.3, -0.25) is 4.79 Å². The molecule has 0 radical (unpaired) electrons. The number of halogens is 1. The number of nitriles is 1. The smallest absolute Gasteiger partial charge is 0.238 e. The monoisotopic (exact) mass is 430 g/mol. The average molecular weight is 431 g/mol. The molecule has 0 saturated carbocycles. The van der Waals surface area contributed by atoms with E-state index in [0.29, 0.717) is 42.7 Å². The van der Waals surface area contributed by atoms with Gasteiger partial charge in [-0.05, 0) is 55.2 Å². The Labute approximate surface area is 175 Å². The van der Waals surface area contributed by atoms with Gasteiger partial charge < -0.3 is 10.2 Å². The predicted molar refractivity (Wildman–Crippen MR) is 110 cm³/mol. The molecule has 0 unspecified atom stereocenters. The number of benzene rings is 2. The number of nitrogens with one attached hydrogen (secondary N) is 1. The molecule has 1 aliphatic rings. The van der Waals surface area contributed by atoms with Crippen LogP contribution < -0.4 is 15.4 Å². The van der Waals surface area contributed by atoms with E-state index in [-0.39, 0.29) is 34.6 Å². The SMILES string of the molecule is Cc1ccc(CNC(=O)C2CCN(c3ccc(S(N)(=O)=O)cc3C#N)CC2)cc1F. The summed E-state index contributed by atoms with van der Waals surface area (Å²) in [6, 6.07) is 11.1. The van der Waals surface area contributed by atoms with E-state index in [0.717, 1.165) is 0 Å². The van der Waals surface area contributed by atoms with E-state index in [2.05, 4.69) is 5.32 Å². The van der Waals surface area contributed by atoms with Gasteiger partial charge in [0.25, 0.3) is 0 Å². The maximum Gasteiger partial charge on any atom is 0.238 e. The third-order valence-electron chi connectivity index (χ3n) is 5.33. The van der Waals surface area contributed by atoms with Gasteiger partial charge in [0.05, 0.1) is 16.1 Å². The molecule has 3 rings (SSSR count). The van der Waals surface area contributed by atoms with Crippen molar-refractivity contribution < 1.29 is 17.6 Å². The summed E-state index contributed by atoms with van der Waals surface area (Å²) in [6.07, 6.45) is 1.19. The Bertz CT molecular complexity index is 1100. The largest absolute Gasteiger partial charge is 0.370 e. The summed E-state index contributed by atoms with van der Waals surface area (Å²) in [5.74, 6) is -0.553. The van der Waals surface area contributed by atoms with Crippen LogP contribution in [0.15, 0.2) is 41.3 Å². The molecule has 0 atom stereocenters. The second kappa shape index (κ2) is 8.81. The number of rotatable bonds is 5. The number of carbonyl (C=O) groups is 1. The first kappa shape index (κ1) is 21.7. The summed E-state index contributed by atoms with van der Waals surface area (Å²) >= 11 is 0. The fourth-order valence-electron chi connectivity index (χ4n) is 3.52. The second-order valence-electron chi connectivity index (χ2n) is 7.40. The highest BCUT2D eigenvalue weighted by molar-refractivity contribution is 7.89. The molecule has 0 bridgehead atoms. The van der Waals surface area contributed by atoms with E-state index in [1.165, 1.54) is 18.2 Å². The van der Waals surface area contributed by atoms with Crippen LogP contribution in [0.3, 0.4) is 0 Å². The molecule has 1 heterocycles. The maximum atomic E-state index is 13.6. The Morgan fingerprint density at radius 1 is 1.27 bits per heavy atom. The van der Waals surface area contributed by atoms with Gasteiger partial charge in [-0.25, -0.2) is 17.9 Å². The number of piperidine rings is 1. The van der Waals surface area contributed by atoms with E-state index in [1.807, 2.05) is 11.0 Å². The lowest BCUT2D eigenvalue weighted by atomic mass is 9.95. The van der Waals surface area contributed by atoms with Crippen LogP contribution in [0.2, 0.25) is 0 Å². The fourth-order valence-corrected chi connectivity index (χ4v) is 4.06. The first-order chi connectivity index (χ1) is 14.2. The van der Waals surface area contributed by atoms with Gasteiger partial charge in [0.15, 0.2) is 0 Å². The number of hydrogen-bond acceptors (Lipinski definition) is 5. The molecule has 0 aromatic heterocycles. The number of anilines is 1. The Morgan fingerprint density at radius 3 is 2.57 bits per heavy atom. The molecule has 0 aliphatic carbocycles. The molecular weight excluding hydrogens is 407 g/mol. The van der Waals surface area contributed by atoms with Gasteiger partial charge in [0.1, 0.15) is 11.9 Å². The number of amides is 1. The van der Waals surface area contributed by atoms with Gasteiger partial charge in [0, 0.05) is 25.6 Å². The Kier molecular flexibility index (Phi) is 6.39. The lowest BCUT2D eigenvalue weighted by Crippen LogP contribution is -2.40. The van der Waals surface area contributed by atoms with Crippen LogP contribution in [0.5, 0.6) is 0 Å². The molecule has 1 fully saturated rings. The Morgan fingerprint density at radius 2 is 1.97 bits per heavy atom. The number of nitrogens with two attached hydrogens (primary N) is 1. The minimum absolute atomic E-state index is 0.0827. The molecule has 2 aromatic carbocycles. The van der Waals surface area contributed by atoms with Gasteiger partial charge in [0.2, 0.25) is 15.9 Å². The van der Waals surface area contributed by atoms with Crippen molar-refractivity contribution in [3.8, 4) is 6.07 Å². The second-order valence-corrected chi connectivity index (χ2v) is 8.96. The number of primary sulfonamides is 1. The Balaban J connectivity index is 1.60. The molecular formula is C21H23FN4O3S. The molecule has 0 spiro atoms. The van der Waals surface area contributed by atoms with E-state index in [4.69, 9.17) is 5.14 Å². The zero-order valence-electron chi connectivity index (χ0n) is 16.6. The number of carbonyl (C=O) groups excluding carboxylic acids is 1. The van der Waals surface area contributed by atoms with E-state index in [9.17, 15) is 22.9 Å². The topological polar surface area (TPSA) is 116 Å². The Hall–Kier alpha value is -2.96. The molecule has 3 N–H and O–H groups in total. The molecule has 158 valence electrons. The molecule has 9 heteroatoms. The highest BCUT2D eigenvalue weighted by atomic mass is 32.2. The first-order valence-corrected chi connectivity index (χ1v) is 11.1. The third kappa shape index (κ3) is 4.96. The van der Waals surface area contributed by atoms with Crippen LogP contribution in [-0.4, -0.2) is 27.4 Å². The van der Waals surface area contributed by atoms with E-state index in [1.54, 1.807) is 25.1 Å². The lowest BCUT2D eigenvalue weighted by molar-refractivity contribution is -0.125. The van der Waals surface area contributed by atoms with Crippen molar-refractivity contribution in [3.63, 3.8) is 0 Å². The summed E-state index contributed by atoms with van der Waals surface area (Å²) in [5, 5.41) is 17.4. The number of hydrogen-bond donors (Lipinski definition) is 2. The van der Waals surface area contributed by atoms with Crippen molar-refractivity contribution in [2.24, 2.45) is 11.1 Å². The van der Waals surface area contributed by atoms with Gasteiger partial charge in [-0.15, -0.1) is 0 Å². The van der Waals surface area contributed by atoms with E-state index < -0.39 is 10.0 Å². The molecule has 1 saturated heterocycles. The van der Waals surface area contributed by atoms with Crippen molar-refractivity contribution in [1.82, 2.24) is 5.32 Å². The highest BCUT2D eigenvalue weighted by Gasteiger charge is 2.26. The quantitative estimate of drug-likeness (QED) is 0.754. The van der Waals surface area contributed by atoms with Gasteiger partial charge >= 0.3 is 0 Å². The number of nitrogens with zero attached hydrogens (tertiary/aromatic N) is 2. The predicted octanol–water partition coefficient (Wildman–Crippen LogP) is 2.19. The lowest BCUT2D eigenvalue weighted by Gasteiger charge is -2.33. The van der Waals surface area contributed by atoms with Crippen LogP contribution in [0.1, 0.15) is 29.5 Å². The zero-order valence-corrected chi connectivity index (χ0v) is 17.4. The van der Waals surface area contributed by atoms with Crippen molar-refractivity contribution in [2.45, 2.75) is 31.2 Å². The van der Waals surface area contributed by atoms with Crippen molar-refractivity contribution in [1.29, 1.82) is 5.26 Å². The zero-order chi connectivity index (χ0) is 21.9. The summed E-state index contributed by atoms with van der Waals surface area (Å²) in [6.45, 7) is 3.07. The minimum atomic E-state index is -3.88. The van der Waals surface area contributed by atoms with Gasteiger partial charge in [-0.1, -0.05) is 12.1 Å². The molecule has 2 aromatic rings. The fraction of sp³-hybridized carbons (Fsp3) is 0.333. The minimum Gasteiger partial charge on any atom is -0.370 e. The van der Waals surface area contributed by atoms with Crippen LogP contribution in [0.4, 0.5) is 10.1 Å². The normalized spacial score (nSPS) is 14.9. The third-order valence-corrected chi connectivity index (χ3v) is 6.24. The summed E-state index contributed by atoms with van der Waals surface area (Å²) < 4.78 is 36.6. The van der Waals surface area contributed by atoms with Crippen LogP contribution in [-0.2, 0) is 21.4 Å². The summed E-state index contributed by atoms with van der Waals surface area (Å²) in [4.78, 5) is 14.3. The maximum absolute atomic E-state index is 13.6. The summed E-state index contributed by atoms with van der Waals surface area (Å²) in [5.41, 5.74) is 2.12. The van der Waals surface area contributed by atoms with Crippen LogP contribution >= 0.6 is 0 Å². The van der Waals surface area contributed by atoms with Crippen molar-refractivity contribution in [2.75, 3.05) is 18.0 Å². The van der Waals surface area contributed by atoms with E-state index >= 15 is 0 Å².